The summed E-state index contributed by atoms with van der Waals surface area (Å²) in [5.41, 5.74) is 1.22. The van der Waals surface area contributed by atoms with Crippen LogP contribution in [0.25, 0.3) is 0 Å². The first-order valence-corrected chi connectivity index (χ1v) is 7.48. The third kappa shape index (κ3) is 3.07. The van der Waals surface area contributed by atoms with Crippen LogP contribution in [-0.2, 0) is 4.74 Å². The molecule has 0 aromatic heterocycles. The highest BCUT2D eigenvalue weighted by atomic mass is 16.5. The van der Waals surface area contributed by atoms with Gasteiger partial charge in [-0.1, -0.05) is 0 Å². The molecular formula is C16H23NO3. The van der Waals surface area contributed by atoms with E-state index in [1.807, 2.05) is 12.1 Å². The Labute approximate surface area is 120 Å². The Morgan fingerprint density at radius 2 is 2.25 bits per heavy atom. The number of hydrogen-bond acceptors (Lipinski definition) is 4. The van der Waals surface area contributed by atoms with E-state index in [1.165, 1.54) is 18.4 Å². The zero-order valence-corrected chi connectivity index (χ0v) is 12.1. The molecule has 0 saturated carbocycles. The number of rotatable bonds is 4. The normalized spacial score (nSPS) is 25.6. The van der Waals surface area contributed by atoms with Gasteiger partial charge < -0.3 is 19.5 Å². The van der Waals surface area contributed by atoms with Crippen molar-refractivity contribution in [3.05, 3.63) is 23.8 Å². The molecule has 2 unspecified atom stereocenters. The number of benzene rings is 1. The van der Waals surface area contributed by atoms with Crippen LogP contribution in [0.2, 0.25) is 0 Å². The largest absolute Gasteiger partial charge is 0.497 e. The molecular weight excluding hydrogens is 254 g/mol. The maximum absolute atomic E-state index is 5.72. The van der Waals surface area contributed by atoms with E-state index in [1.54, 1.807) is 7.11 Å². The SMILES string of the molecule is COc1ccc2c(c1)C(NCC1CCCOC1)CCO2. The number of methoxy groups -OCH3 is 1. The Morgan fingerprint density at radius 3 is 3.05 bits per heavy atom. The van der Waals surface area contributed by atoms with Gasteiger partial charge in [-0.15, -0.1) is 0 Å². The smallest absolute Gasteiger partial charge is 0.124 e. The molecule has 0 aliphatic carbocycles. The average molecular weight is 277 g/mol. The third-order valence-electron chi connectivity index (χ3n) is 4.16. The molecule has 4 nitrogen and oxygen atoms in total. The van der Waals surface area contributed by atoms with Crippen molar-refractivity contribution in [1.29, 1.82) is 0 Å². The lowest BCUT2D eigenvalue weighted by molar-refractivity contribution is 0.0531. The fourth-order valence-corrected chi connectivity index (χ4v) is 2.99. The molecule has 2 aliphatic heterocycles. The van der Waals surface area contributed by atoms with Gasteiger partial charge in [0.1, 0.15) is 11.5 Å². The summed E-state index contributed by atoms with van der Waals surface area (Å²) in [5.74, 6) is 2.51. The van der Waals surface area contributed by atoms with Gasteiger partial charge in [0.15, 0.2) is 0 Å². The van der Waals surface area contributed by atoms with E-state index in [0.29, 0.717) is 12.0 Å². The molecule has 2 atom stereocenters. The van der Waals surface area contributed by atoms with Crippen LogP contribution in [0.15, 0.2) is 18.2 Å². The quantitative estimate of drug-likeness (QED) is 0.918. The summed E-state index contributed by atoms with van der Waals surface area (Å²) in [6.45, 7) is 3.61. The second kappa shape index (κ2) is 6.46. The minimum Gasteiger partial charge on any atom is -0.497 e. The van der Waals surface area contributed by atoms with Gasteiger partial charge in [-0.25, -0.2) is 0 Å². The predicted octanol–water partition coefficient (Wildman–Crippen LogP) is 2.54. The van der Waals surface area contributed by atoms with E-state index in [4.69, 9.17) is 14.2 Å². The first-order valence-electron chi connectivity index (χ1n) is 7.48. The van der Waals surface area contributed by atoms with Gasteiger partial charge in [0.2, 0.25) is 0 Å². The predicted molar refractivity (Wildman–Crippen MR) is 77.4 cm³/mol. The molecule has 2 aliphatic rings. The van der Waals surface area contributed by atoms with Crippen molar-refractivity contribution < 1.29 is 14.2 Å². The van der Waals surface area contributed by atoms with Gasteiger partial charge in [-0.3, -0.25) is 0 Å². The lowest BCUT2D eigenvalue weighted by Crippen LogP contribution is -2.34. The van der Waals surface area contributed by atoms with Crippen molar-refractivity contribution in [2.24, 2.45) is 5.92 Å². The molecule has 1 aromatic rings. The minimum absolute atomic E-state index is 0.357. The van der Waals surface area contributed by atoms with Crippen molar-refractivity contribution >= 4 is 0 Å². The first kappa shape index (κ1) is 13.7. The average Bonchev–Trinajstić information content (AvgIpc) is 2.53. The van der Waals surface area contributed by atoms with Crippen molar-refractivity contribution in [1.82, 2.24) is 5.32 Å². The summed E-state index contributed by atoms with van der Waals surface area (Å²) in [6, 6.07) is 6.40. The Balaban J connectivity index is 1.65. The molecule has 1 fully saturated rings. The molecule has 1 aromatic carbocycles. The summed E-state index contributed by atoms with van der Waals surface area (Å²) >= 11 is 0. The van der Waals surface area contributed by atoms with Crippen molar-refractivity contribution in [3.8, 4) is 11.5 Å². The van der Waals surface area contributed by atoms with Gasteiger partial charge in [-0.05, 0) is 37.0 Å². The fourth-order valence-electron chi connectivity index (χ4n) is 2.99. The van der Waals surface area contributed by atoms with E-state index in [9.17, 15) is 0 Å². The van der Waals surface area contributed by atoms with E-state index in [2.05, 4.69) is 11.4 Å². The lowest BCUT2D eigenvalue weighted by Gasteiger charge is -2.30. The van der Waals surface area contributed by atoms with Crippen LogP contribution in [0.3, 0.4) is 0 Å². The maximum atomic E-state index is 5.72. The second-order valence-electron chi connectivity index (χ2n) is 5.58. The van der Waals surface area contributed by atoms with Crippen LogP contribution in [0.1, 0.15) is 30.9 Å². The Kier molecular flexibility index (Phi) is 4.43. The minimum atomic E-state index is 0.357. The number of ether oxygens (including phenoxy) is 3. The Hall–Kier alpha value is -1.26. The van der Waals surface area contributed by atoms with Crippen LogP contribution < -0.4 is 14.8 Å². The first-order chi connectivity index (χ1) is 9.86. The monoisotopic (exact) mass is 277 g/mol. The van der Waals surface area contributed by atoms with E-state index in [0.717, 1.165) is 44.3 Å². The molecule has 0 spiro atoms. The van der Waals surface area contributed by atoms with Gasteiger partial charge in [-0.2, -0.15) is 0 Å². The van der Waals surface area contributed by atoms with E-state index >= 15 is 0 Å². The molecule has 3 rings (SSSR count). The third-order valence-corrected chi connectivity index (χ3v) is 4.16. The zero-order valence-electron chi connectivity index (χ0n) is 12.1. The molecule has 1 N–H and O–H groups in total. The zero-order chi connectivity index (χ0) is 13.8. The molecule has 4 heteroatoms. The maximum Gasteiger partial charge on any atom is 0.124 e. The highest BCUT2D eigenvalue weighted by Crippen LogP contribution is 2.34. The molecule has 110 valence electrons. The van der Waals surface area contributed by atoms with Gasteiger partial charge >= 0.3 is 0 Å². The van der Waals surface area contributed by atoms with Crippen molar-refractivity contribution in [2.75, 3.05) is 33.5 Å². The highest BCUT2D eigenvalue weighted by Gasteiger charge is 2.23. The number of fused-ring (bicyclic) bond motifs is 1. The molecule has 20 heavy (non-hydrogen) atoms. The molecule has 2 heterocycles. The molecule has 0 bridgehead atoms. The van der Waals surface area contributed by atoms with Crippen LogP contribution in [0.5, 0.6) is 11.5 Å². The van der Waals surface area contributed by atoms with Crippen LogP contribution >= 0.6 is 0 Å². The summed E-state index contributed by atoms with van der Waals surface area (Å²) in [6.07, 6.45) is 3.46. The van der Waals surface area contributed by atoms with E-state index in [-0.39, 0.29) is 0 Å². The highest BCUT2D eigenvalue weighted by molar-refractivity contribution is 5.43. The van der Waals surface area contributed by atoms with Crippen LogP contribution in [-0.4, -0.2) is 33.5 Å². The van der Waals surface area contributed by atoms with Crippen LogP contribution in [0.4, 0.5) is 0 Å². The standard InChI is InChI=1S/C16H23NO3/c1-18-13-4-5-16-14(9-13)15(6-8-20-16)17-10-12-3-2-7-19-11-12/h4-5,9,12,15,17H,2-3,6-8,10-11H2,1H3. The Morgan fingerprint density at radius 1 is 1.30 bits per heavy atom. The lowest BCUT2D eigenvalue weighted by atomic mass is 9.97. The van der Waals surface area contributed by atoms with Gasteiger partial charge in [0.25, 0.3) is 0 Å². The molecule has 0 radical (unpaired) electrons. The Bertz CT molecular complexity index is 443. The fraction of sp³-hybridized carbons (Fsp3) is 0.625. The van der Waals surface area contributed by atoms with Crippen LogP contribution in [0, 0.1) is 5.92 Å². The number of hydrogen-bond donors (Lipinski definition) is 1. The summed E-state index contributed by atoms with van der Waals surface area (Å²) in [7, 11) is 1.70. The second-order valence-corrected chi connectivity index (χ2v) is 5.58. The molecule has 1 saturated heterocycles. The van der Waals surface area contributed by atoms with Crippen molar-refractivity contribution in [2.45, 2.75) is 25.3 Å². The summed E-state index contributed by atoms with van der Waals surface area (Å²) in [5, 5.41) is 3.68. The van der Waals surface area contributed by atoms with Gasteiger partial charge in [0, 0.05) is 31.2 Å². The van der Waals surface area contributed by atoms with Gasteiger partial charge in [0.05, 0.1) is 20.3 Å². The number of nitrogens with one attached hydrogen (secondary N) is 1. The van der Waals surface area contributed by atoms with Crippen molar-refractivity contribution in [3.63, 3.8) is 0 Å². The summed E-state index contributed by atoms with van der Waals surface area (Å²) < 4.78 is 16.6. The van der Waals surface area contributed by atoms with E-state index < -0.39 is 0 Å². The topological polar surface area (TPSA) is 39.7 Å². The molecule has 0 amide bonds. The summed E-state index contributed by atoms with van der Waals surface area (Å²) in [4.78, 5) is 0.